The molecule has 0 aromatic heterocycles. The zero-order valence-electron chi connectivity index (χ0n) is 17.5. The van der Waals surface area contributed by atoms with Crippen LogP contribution in [0.4, 0.5) is 0 Å². The zero-order chi connectivity index (χ0) is 21.4. The van der Waals surface area contributed by atoms with E-state index < -0.39 is 6.10 Å². The van der Waals surface area contributed by atoms with Gasteiger partial charge in [-0.2, -0.15) is 0 Å². The molecule has 0 unspecified atom stereocenters. The average Bonchev–Trinajstić information content (AvgIpc) is 3.40. The van der Waals surface area contributed by atoms with Gasteiger partial charge in [0.15, 0.2) is 23.0 Å². The highest BCUT2D eigenvalue weighted by Gasteiger charge is 2.33. The Morgan fingerprint density at radius 1 is 0.867 bits per heavy atom. The normalized spacial score (nSPS) is 15.8. The lowest BCUT2D eigenvalue weighted by Crippen LogP contribution is -2.16. The van der Waals surface area contributed by atoms with Crippen molar-refractivity contribution in [2.75, 3.05) is 27.8 Å². The van der Waals surface area contributed by atoms with Crippen molar-refractivity contribution in [3.05, 3.63) is 23.3 Å². The second-order valence-electron chi connectivity index (χ2n) is 7.44. The fraction of sp³-hybridized carbons (Fsp3) is 0.455. The number of aliphatic hydroxyl groups excluding tert-OH is 2. The van der Waals surface area contributed by atoms with E-state index in [1.54, 1.807) is 27.2 Å². The van der Waals surface area contributed by atoms with E-state index in [1.807, 2.05) is 13.0 Å². The minimum atomic E-state index is -0.509. The topological polar surface area (TPSA) is 95.8 Å². The van der Waals surface area contributed by atoms with Crippen molar-refractivity contribution in [2.24, 2.45) is 5.92 Å². The van der Waals surface area contributed by atoms with Crippen molar-refractivity contribution in [1.82, 2.24) is 0 Å². The second kappa shape index (κ2) is 8.12. The zero-order valence-corrected chi connectivity index (χ0v) is 17.5. The van der Waals surface area contributed by atoms with Crippen molar-refractivity contribution >= 4 is 0 Å². The lowest BCUT2D eigenvalue weighted by molar-refractivity contribution is 0.135. The molecule has 2 heterocycles. The summed E-state index contributed by atoms with van der Waals surface area (Å²) in [5, 5.41) is 20.3. The van der Waals surface area contributed by atoms with Crippen LogP contribution in [0.3, 0.4) is 0 Å². The smallest absolute Gasteiger partial charge is 0.231 e. The number of hydrogen-bond donors (Lipinski definition) is 2. The Balaban J connectivity index is 2.03. The van der Waals surface area contributed by atoms with Crippen molar-refractivity contribution < 1.29 is 38.6 Å². The summed E-state index contributed by atoms with van der Waals surface area (Å²) in [4.78, 5) is 0. The maximum atomic E-state index is 10.2. The first-order valence-corrected chi connectivity index (χ1v) is 9.78. The van der Waals surface area contributed by atoms with Crippen LogP contribution in [-0.4, -0.2) is 44.1 Å². The van der Waals surface area contributed by atoms with E-state index in [0.29, 0.717) is 57.6 Å². The molecule has 2 aliphatic rings. The molecular formula is C22H26O8. The van der Waals surface area contributed by atoms with Gasteiger partial charge >= 0.3 is 0 Å². The summed E-state index contributed by atoms with van der Waals surface area (Å²) in [6.07, 6.45) is 0.0351. The van der Waals surface area contributed by atoms with Gasteiger partial charge in [-0.25, -0.2) is 0 Å². The minimum absolute atomic E-state index is 0.0357. The number of aliphatic hydroxyl groups is 2. The summed E-state index contributed by atoms with van der Waals surface area (Å²) in [5.41, 5.74) is 2.80. The fourth-order valence-corrected chi connectivity index (χ4v) is 3.87. The first kappa shape index (κ1) is 20.4. The minimum Gasteiger partial charge on any atom is -0.492 e. The highest BCUT2D eigenvalue weighted by atomic mass is 16.7. The van der Waals surface area contributed by atoms with Gasteiger partial charge in [-0.3, -0.25) is 0 Å². The molecule has 2 atom stereocenters. The first-order chi connectivity index (χ1) is 14.5. The molecule has 2 aromatic rings. The third kappa shape index (κ3) is 3.26. The molecule has 8 nitrogen and oxygen atoms in total. The number of fused-ring (bicyclic) bond motifs is 2. The predicted molar refractivity (Wildman–Crippen MR) is 108 cm³/mol. The third-order valence-electron chi connectivity index (χ3n) is 5.60. The van der Waals surface area contributed by atoms with E-state index in [-0.39, 0.29) is 26.1 Å². The number of ether oxygens (including phenoxy) is 6. The number of methoxy groups -OCH3 is 2. The number of rotatable bonds is 7. The van der Waals surface area contributed by atoms with Crippen LogP contribution in [0.5, 0.6) is 34.5 Å². The van der Waals surface area contributed by atoms with E-state index in [1.165, 1.54) is 0 Å². The SMILES string of the molecule is COc1c2c(cc(CO)c1-c1c(C[C@H](C)[C@H](C)O)cc3c(c1OC)OCO3)OCO2. The van der Waals surface area contributed by atoms with Gasteiger partial charge in [-0.15, -0.1) is 0 Å². The Bertz CT molecular complexity index is 953. The maximum Gasteiger partial charge on any atom is 0.231 e. The van der Waals surface area contributed by atoms with Crippen LogP contribution in [0.2, 0.25) is 0 Å². The molecule has 162 valence electrons. The molecule has 0 saturated carbocycles. The Hall–Kier alpha value is -2.84. The van der Waals surface area contributed by atoms with Gasteiger partial charge < -0.3 is 38.6 Å². The fourth-order valence-electron chi connectivity index (χ4n) is 3.87. The maximum absolute atomic E-state index is 10.2. The van der Waals surface area contributed by atoms with Gasteiger partial charge in [-0.05, 0) is 42.5 Å². The van der Waals surface area contributed by atoms with Crippen molar-refractivity contribution in [2.45, 2.75) is 33.0 Å². The Morgan fingerprint density at radius 3 is 1.83 bits per heavy atom. The molecule has 2 aliphatic heterocycles. The summed E-state index contributed by atoms with van der Waals surface area (Å²) in [6, 6.07) is 3.64. The van der Waals surface area contributed by atoms with E-state index in [9.17, 15) is 10.2 Å². The Kier molecular flexibility index (Phi) is 5.53. The first-order valence-electron chi connectivity index (χ1n) is 9.78. The summed E-state index contributed by atoms with van der Waals surface area (Å²) >= 11 is 0. The molecule has 0 aliphatic carbocycles. The summed E-state index contributed by atoms with van der Waals surface area (Å²) in [6.45, 7) is 3.64. The van der Waals surface area contributed by atoms with Gasteiger partial charge in [0.05, 0.1) is 26.9 Å². The highest BCUT2D eigenvalue weighted by molar-refractivity contribution is 5.88. The summed E-state index contributed by atoms with van der Waals surface area (Å²) < 4.78 is 33.9. The van der Waals surface area contributed by atoms with Crippen LogP contribution in [-0.2, 0) is 13.0 Å². The van der Waals surface area contributed by atoms with Gasteiger partial charge in [-0.1, -0.05) is 6.92 Å². The summed E-state index contributed by atoms with van der Waals surface area (Å²) in [5.74, 6) is 2.93. The van der Waals surface area contributed by atoms with Crippen LogP contribution < -0.4 is 28.4 Å². The Morgan fingerprint density at radius 2 is 1.37 bits per heavy atom. The van der Waals surface area contributed by atoms with E-state index >= 15 is 0 Å². The molecule has 8 heteroatoms. The van der Waals surface area contributed by atoms with E-state index in [2.05, 4.69) is 0 Å². The quantitative estimate of drug-likeness (QED) is 0.709. The van der Waals surface area contributed by atoms with Gasteiger partial charge in [0, 0.05) is 11.1 Å². The summed E-state index contributed by atoms with van der Waals surface area (Å²) in [7, 11) is 3.10. The molecule has 0 spiro atoms. The third-order valence-corrected chi connectivity index (χ3v) is 5.60. The highest BCUT2D eigenvalue weighted by Crippen LogP contribution is 2.56. The van der Waals surface area contributed by atoms with Crippen molar-refractivity contribution in [1.29, 1.82) is 0 Å². The molecule has 0 bridgehead atoms. The van der Waals surface area contributed by atoms with E-state index in [0.717, 1.165) is 5.56 Å². The molecule has 0 amide bonds. The van der Waals surface area contributed by atoms with Gasteiger partial charge in [0.2, 0.25) is 25.1 Å². The molecular weight excluding hydrogens is 392 g/mol. The number of benzene rings is 2. The lowest BCUT2D eigenvalue weighted by Gasteiger charge is -2.23. The van der Waals surface area contributed by atoms with Crippen LogP contribution in [0.1, 0.15) is 25.0 Å². The lowest BCUT2D eigenvalue weighted by atomic mass is 9.87. The molecule has 30 heavy (non-hydrogen) atoms. The Labute approximate surface area is 174 Å². The van der Waals surface area contributed by atoms with Crippen molar-refractivity contribution in [3.63, 3.8) is 0 Å². The standard InChI is InChI=1S/C22H26O8/c1-11(12(2)24)5-13-6-15-19(29-9-27-15)21(25-3)17(13)18-14(8-23)7-16-20(22(18)26-4)30-10-28-16/h6-7,11-12,23-24H,5,8-10H2,1-4H3/t11-,12-/m0/s1. The van der Waals surface area contributed by atoms with Crippen LogP contribution in [0, 0.1) is 5.92 Å². The molecule has 0 saturated heterocycles. The predicted octanol–water partition coefficient (Wildman–Crippen LogP) is 2.88. The van der Waals surface area contributed by atoms with Gasteiger partial charge in [0.25, 0.3) is 0 Å². The van der Waals surface area contributed by atoms with Crippen molar-refractivity contribution in [3.8, 4) is 45.6 Å². The second-order valence-corrected chi connectivity index (χ2v) is 7.44. The van der Waals surface area contributed by atoms with Crippen LogP contribution >= 0.6 is 0 Å². The molecule has 0 fully saturated rings. The molecule has 2 N–H and O–H groups in total. The monoisotopic (exact) mass is 418 g/mol. The molecule has 4 rings (SSSR count). The average molecular weight is 418 g/mol. The van der Waals surface area contributed by atoms with Gasteiger partial charge in [0.1, 0.15) is 0 Å². The largest absolute Gasteiger partial charge is 0.492 e. The van der Waals surface area contributed by atoms with Crippen LogP contribution in [0.25, 0.3) is 11.1 Å². The molecule has 2 aromatic carbocycles. The number of hydrogen-bond acceptors (Lipinski definition) is 8. The van der Waals surface area contributed by atoms with E-state index in [4.69, 9.17) is 28.4 Å². The molecule has 0 radical (unpaired) electrons. The van der Waals surface area contributed by atoms with Crippen LogP contribution in [0.15, 0.2) is 12.1 Å².